The number of nitrogens with two attached hydrogens (primary N) is 1. The Morgan fingerprint density at radius 1 is 0.911 bits per heavy atom. The maximum absolute atomic E-state index is 13.0. The first-order valence-corrected chi connectivity index (χ1v) is 16.7. The third-order valence-electron chi connectivity index (χ3n) is 5.70. The fourth-order valence-corrected chi connectivity index (χ4v) is 6.75. The van der Waals surface area contributed by atoms with Gasteiger partial charge in [0.25, 0.3) is 17.7 Å². The highest BCUT2D eigenvalue weighted by molar-refractivity contribution is 8.00. The first-order valence-electron chi connectivity index (χ1n) is 12.9. The highest BCUT2D eigenvalue weighted by Crippen LogP contribution is 2.21. The summed E-state index contributed by atoms with van der Waals surface area (Å²) in [5.74, 6) is -1.67. The first kappa shape index (κ1) is 33.6. The summed E-state index contributed by atoms with van der Waals surface area (Å²) in [5, 5.41) is 33.7. The van der Waals surface area contributed by atoms with Crippen LogP contribution >= 0.6 is 46.2 Å². The minimum absolute atomic E-state index is 0.0292. The summed E-state index contributed by atoms with van der Waals surface area (Å²) < 4.78 is 0. The molecule has 45 heavy (non-hydrogen) atoms. The van der Waals surface area contributed by atoms with E-state index in [1.165, 1.54) is 54.5 Å². The van der Waals surface area contributed by atoms with Gasteiger partial charge in [-0.05, 0) is 12.2 Å². The lowest BCUT2D eigenvalue weighted by Crippen LogP contribution is -2.44. The summed E-state index contributed by atoms with van der Waals surface area (Å²) in [4.78, 5) is 67.8. The number of nitrogens with one attached hydrogen (secondary N) is 5. The largest absolute Gasteiger partial charge is 0.477 e. The van der Waals surface area contributed by atoms with E-state index in [1.54, 1.807) is 17.5 Å². The van der Waals surface area contributed by atoms with Crippen LogP contribution in [0, 0.1) is 0 Å². The molecule has 0 aliphatic carbocycles. The van der Waals surface area contributed by atoms with Crippen LogP contribution < -0.4 is 32.3 Å². The number of nitrogen functional groups attached to an aromatic ring is 1. The number of nitrogens with zero attached hydrogens (tertiary/aromatic N) is 4. The zero-order chi connectivity index (χ0) is 32.3. The molecule has 0 fully saturated rings. The Balaban J connectivity index is 1.30. The number of amides is 3. The molecule has 17 nitrogen and oxygen atoms in total. The van der Waals surface area contributed by atoms with Crippen molar-refractivity contribution < 1.29 is 34.0 Å². The lowest BCUT2D eigenvalue weighted by Gasteiger charge is -2.24. The molecule has 8 N–H and O–H groups in total. The predicted octanol–water partition coefficient (Wildman–Crippen LogP) is -0.0687. The Hall–Kier alpha value is -4.34. The number of hydrogen-bond donors (Lipinski definition) is 7. The van der Waals surface area contributed by atoms with Crippen molar-refractivity contribution >= 4 is 91.6 Å². The lowest BCUT2D eigenvalue weighted by atomic mass is 10.3. The molecule has 0 saturated carbocycles. The van der Waals surface area contributed by atoms with E-state index in [1.807, 2.05) is 0 Å². The van der Waals surface area contributed by atoms with E-state index < -0.39 is 23.7 Å². The second-order valence-electron chi connectivity index (χ2n) is 8.70. The monoisotopic (exact) mass is 696 g/mol. The van der Waals surface area contributed by atoms with Crippen LogP contribution in [-0.4, -0.2) is 99.8 Å². The summed E-state index contributed by atoms with van der Waals surface area (Å²) in [5.41, 5.74) is 6.31. The molecule has 0 saturated heterocycles. The van der Waals surface area contributed by atoms with Gasteiger partial charge in [0.2, 0.25) is 0 Å². The molecular weight excluding hydrogens is 669 g/mol. The number of thiazole rings is 2. The van der Waals surface area contributed by atoms with Gasteiger partial charge in [0.15, 0.2) is 21.7 Å². The van der Waals surface area contributed by atoms with E-state index in [4.69, 9.17) is 15.4 Å². The van der Waals surface area contributed by atoms with E-state index >= 15 is 0 Å². The van der Waals surface area contributed by atoms with Crippen LogP contribution in [0.3, 0.4) is 0 Å². The number of aromatic nitrogens is 2. The zero-order valence-corrected chi connectivity index (χ0v) is 27.0. The maximum atomic E-state index is 13.0. The van der Waals surface area contributed by atoms with Crippen LogP contribution in [0.5, 0.6) is 0 Å². The minimum Gasteiger partial charge on any atom is -0.477 e. The summed E-state index contributed by atoms with van der Waals surface area (Å²) in [6.45, 7) is 0.274. The SMILES string of the molecule is CO/N=C(\C(=O)NCC1NC(C(=O)Nc2nc(/C(=N/OC)C(=O)NCC3NC(C(=O)O)=CCS3)cs2)=CCS1)c1csc(N)n1. The average molecular weight is 697 g/mol. The van der Waals surface area contributed by atoms with Crippen molar-refractivity contribution in [1.82, 2.24) is 31.2 Å². The standard InChI is InChI=1S/C24H28N10O7S4/c1-40-33-17(13-9-44-23(25)30-13)20(36)26-7-15-28-11(3-5-42-15)19(35)32-24-31-14(10-45-24)18(34-41-2)21(37)27-8-16-29-12(22(38)39)4-6-43-16/h3-4,9-10,15-16,28-29H,5-8H2,1-2H3,(H2,25,30)(H,26,36)(H,27,37)(H,38,39)(H,31,32,35)/b33-17-,34-18-. The van der Waals surface area contributed by atoms with Gasteiger partial charge < -0.3 is 41.8 Å². The van der Waals surface area contributed by atoms with E-state index in [0.29, 0.717) is 11.5 Å². The highest BCUT2D eigenvalue weighted by Gasteiger charge is 2.26. The smallest absolute Gasteiger partial charge is 0.351 e. The van der Waals surface area contributed by atoms with Gasteiger partial charge in [0, 0.05) is 35.4 Å². The first-order chi connectivity index (χ1) is 21.7. The fraction of sp³-hybridized carbons (Fsp3) is 0.333. The number of oxime groups is 2. The molecule has 2 aromatic rings. The van der Waals surface area contributed by atoms with Crippen molar-refractivity contribution in [3.63, 3.8) is 0 Å². The highest BCUT2D eigenvalue weighted by atomic mass is 32.2. The minimum atomic E-state index is -1.08. The number of hydrogen-bond acceptors (Lipinski definition) is 17. The molecule has 240 valence electrons. The van der Waals surface area contributed by atoms with Crippen molar-refractivity contribution in [2.45, 2.75) is 10.7 Å². The molecule has 21 heteroatoms. The van der Waals surface area contributed by atoms with Gasteiger partial charge in [-0.1, -0.05) is 10.3 Å². The summed E-state index contributed by atoms with van der Waals surface area (Å²) in [7, 11) is 2.60. The van der Waals surface area contributed by atoms with Gasteiger partial charge in [0.05, 0.1) is 16.4 Å². The van der Waals surface area contributed by atoms with Gasteiger partial charge in [-0.2, -0.15) is 0 Å². The second-order valence-corrected chi connectivity index (χ2v) is 12.9. The summed E-state index contributed by atoms with van der Waals surface area (Å²) in [6.07, 6.45) is 3.26. The lowest BCUT2D eigenvalue weighted by molar-refractivity contribution is -0.133. The Kier molecular flexibility index (Phi) is 12.0. The van der Waals surface area contributed by atoms with Gasteiger partial charge in [-0.25, -0.2) is 14.8 Å². The van der Waals surface area contributed by atoms with Gasteiger partial charge in [-0.15, -0.1) is 46.2 Å². The number of thioether (sulfide) groups is 2. The fourth-order valence-electron chi connectivity index (χ4n) is 3.70. The molecule has 3 amide bonds. The Bertz CT molecular complexity index is 1550. The van der Waals surface area contributed by atoms with E-state index in [0.717, 1.165) is 11.3 Å². The van der Waals surface area contributed by atoms with Crippen LogP contribution in [0.25, 0.3) is 0 Å². The van der Waals surface area contributed by atoms with Crippen molar-refractivity contribution in [3.05, 3.63) is 45.7 Å². The van der Waals surface area contributed by atoms with Crippen LogP contribution in [0.15, 0.2) is 44.6 Å². The topological polar surface area (TPSA) is 244 Å². The molecular formula is C24H28N10O7S4. The number of carbonyl (C=O) groups is 4. The number of anilines is 2. The Morgan fingerprint density at radius 3 is 1.98 bits per heavy atom. The molecule has 0 spiro atoms. The van der Waals surface area contributed by atoms with E-state index in [9.17, 15) is 24.3 Å². The van der Waals surface area contributed by atoms with Crippen molar-refractivity contribution in [3.8, 4) is 0 Å². The van der Waals surface area contributed by atoms with Crippen LogP contribution in [-0.2, 0) is 28.9 Å². The normalized spacial score (nSPS) is 18.4. The summed E-state index contributed by atoms with van der Waals surface area (Å²) in [6, 6.07) is 0. The Labute approximate surface area is 272 Å². The zero-order valence-electron chi connectivity index (χ0n) is 23.7. The van der Waals surface area contributed by atoms with Gasteiger partial charge in [0.1, 0.15) is 31.3 Å². The second kappa shape index (κ2) is 16.1. The van der Waals surface area contributed by atoms with E-state index in [2.05, 4.69) is 46.9 Å². The quantitative estimate of drug-likeness (QED) is 0.107. The molecule has 4 heterocycles. The number of carboxylic acids is 1. The number of carbonyl (C=O) groups excluding carboxylic acids is 3. The predicted molar refractivity (Wildman–Crippen MR) is 173 cm³/mol. The van der Waals surface area contributed by atoms with Gasteiger partial charge in [-0.3, -0.25) is 19.7 Å². The van der Waals surface area contributed by atoms with Crippen LogP contribution in [0.1, 0.15) is 11.4 Å². The molecule has 2 aromatic heterocycles. The molecule has 0 bridgehead atoms. The average Bonchev–Trinajstić information content (AvgIpc) is 3.69. The van der Waals surface area contributed by atoms with Crippen molar-refractivity contribution in [2.75, 3.05) is 49.9 Å². The maximum Gasteiger partial charge on any atom is 0.351 e. The summed E-state index contributed by atoms with van der Waals surface area (Å²) >= 11 is 5.16. The van der Waals surface area contributed by atoms with Crippen LogP contribution in [0.4, 0.5) is 10.3 Å². The number of aliphatic carboxylic acids is 1. The number of rotatable bonds is 13. The van der Waals surface area contributed by atoms with Crippen LogP contribution in [0.2, 0.25) is 0 Å². The molecule has 2 atom stereocenters. The molecule has 0 aromatic carbocycles. The molecule has 4 rings (SSSR count). The third-order valence-corrected chi connectivity index (χ3v) is 9.22. The van der Waals surface area contributed by atoms with Crippen molar-refractivity contribution in [2.24, 2.45) is 10.3 Å². The molecule has 2 aliphatic rings. The molecule has 0 radical (unpaired) electrons. The molecule has 2 unspecified atom stereocenters. The Morgan fingerprint density at radius 2 is 1.44 bits per heavy atom. The van der Waals surface area contributed by atoms with Gasteiger partial charge >= 0.3 is 5.97 Å². The number of carboxylic acid groups (broad SMARTS) is 1. The van der Waals surface area contributed by atoms with Crippen molar-refractivity contribution in [1.29, 1.82) is 0 Å². The van der Waals surface area contributed by atoms with E-state index in [-0.39, 0.29) is 68.3 Å². The third kappa shape index (κ3) is 9.33. The molecule has 2 aliphatic heterocycles.